The van der Waals surface area contributed by atoms with Crippen LogP contribution in [0.3, 0.4) is 0 Å². The highest BCUT2D eigenvalue weighted by Crippen LogP contribution is 2.21. The molecular formula is C20H23N7O2. The smallest absolute Gasteiger partial charge is 0.251 e. The Labute approximate surface area is 168 Å². The van der Waals surface area contributed by atoms with Crippen LogP contribution < -0.4 is 4.90 Å². The van der Waals surface area contributed by atoms with Gasteiger partial charge in [0.05, 0.1) is 0 Å². The van der Waals surface area contributed by atoms with Crippen LogP contribution in [0.2, 0.25) is 0 Å². The van der Waals surface area contributed by atoms with Gasteiger partial charge in [0.2, 0.25) is 0 Å². The first-order valence-corrected chi connectivity index (χ1v) is 10.1. The summed E-state index contributed by atoms with van der Waals surface area (Å²) in [6.07, 6.45) is 5.92. The van der Waals surface area contributed by atoms with Crippen LogP contribution in [0.5, 0.6) is 0 Å². The molecule has 5 rings (SSSR count). The lowest BCUT2D eigenvalue weighted by Gasteiger charge is -2.24. The predicted molar refractivity (Wildman–Crippen MR) is 106 cm³/mol. The fourth-order valence-electron chi connectivity index (χ4n) is 3.97. The first-order valence-electron chi connectivity index (χ1n) is 10.1. The maximum absolute atomic E-state index is 12.7. The molecule has 2 aliphatic rings. The van der Waals surface area contributed by atoms with Gasteiger partial charge in [-0.15, -0.1) is 15.3 Å². The van der Waals surface area contributed by atoms with Gasteiger partial charge >= 0.3 is 0 Å². The van der Waals surface area contributed by atoms with E-state index < -0.39 is 0 Å². The SMILES string of the molecule is O=C(C1CCCO1)N1CCCN(c2ccc3nnc(-c4ccncc4)n3n2)CC1. The summed E-state index contributed by atoms with van der Waals surface area (Å²) >= 11 is 0. The molecule has 9 heteroatoms. The molecule has 3 aromatic rings. The average molecular weight is 393 g/mol. The third-order valence-electron chi connectivity index (χ3n) is 5.52. The summed E-state index contributed by atoms with van der Waals surface area (Å²) < 4.78 is 7.34. The Morgan fingerprint density at radius 2 is 1.90 bits per heavy atom. The molecule has 1 amide bonds. The number of amides is 1. The Morgan fingerprint density at radius 1 is 1.00 bits per heavy atom. The molecule has 1 atom stereocenters. The minimum atomic E-state index is -0.254. The predicted octanol–water partition coefficient (Wildman–Crippen LogP) is 1.40. The van der Waals surface area contributed by atoms with Crippen LogP contribution in [0.15, 0.2) is 36.7 Å². The zero-order valence-corrected chi connectivity index (χ0v) is 16.1. The topological polar surface area (TPSA) is 88.8 Å². The van der Waals surface area contributed by atoms with E-state index in [1.165, 1.54) is 0 Å². The van der Waals surface area contributed by atoms with Crippen molar-refractivity contribution >= 4 is 17.4 Å². The largest absolute Gasteiger partial charge is 0.368 e. The van der Waals surface area contributed by atoms with Crippen LogP contribution in [0.25, 0.3) is 17.0 Å². The molecule has 9 nitrogen and oxygen atoms in total. The van der Waals surface area contributed by atoms with Crippen LogP contribution in [0.1, 0.15) is 19.3 Å². The van der Waals surface area contributed by atoms with Crippen molar-refractivity contribution in [1.82, 2.24) is 29.7 Å². The van der Waals surface area contributed by atoms with Gasteiger partial charge in [-0.05, 0) is 43.5 Å². The van der Waals surface area contributed by atoms with Gasteiger partial charge in [-0.2, -0.15) is 4.52 Å². The fourth-order valence-corrected chi connectivity index (χ4v) is 3.97. The summed E-state index contributed by atoms with van der Waals surface area (Å²) in [6, 6.07) is 7.69. The number of hydrogen-bond acceptors (Lipinski definition) is 7. The summed E-state index contributed by atoms with van der Waals surface area (Å²) in [6.45, 7) is 3.72. The second kappa shape index (κ2) is 7.75. The molecule has 2 fully saturated rings. The van der Waals surface area contributed by atoms with Gasteiger partial charge in [0.1, 0.15) is 11.9 Å². The Kier molecular flexibility index (Phi) is 4.81. The summed E-state index contributed by atoms with van der Waals surface area (Å²) in [7, 11) is 0. The standard InChI is InChI=1S/C20H23N7O2/c28-20(16-3-1-14-29-16)26-11-2-10-25(12-13-26)18-5-4-17-22-23-19(27(17)24-18)15-6-8-21-9-7-15/h4-9,16H,1-3,10-14H2. The molecular weight excluding hydrogens is 370 g/mol. The molecule has 1 unspecified atom stereocenters. The van der Waals surface area contributed by atoms with Crippen LogP contribution in [0.4, 0.5) is 5.82 Å². The van der Waals surface area contributed by atoms with Gasteiger partial charge in [0.15, 0.2) is 11.5 Å². The number of ether oxygens (including phenoxy) is 1. The van der Waals surface area contributed by atoms with Gasteiger partial charge in [0.25, 0.3) is 5.91 Å². The van der Waals surface area contributed by atoms with Crippen LogP contribution in [0, 0.1) is 0 Å². The van der Waals surface area contributed by atoms with Crippen molar-refractivity contribution in [2.24, 2.45) is 0 Å². The second-order valence-corrected chi connectivity index (χ2v) is 7.39. The molecule has 2 aliphatic heterocycles. The Balaban J connectivity index is 1.36. The molecule has 0 aromatic carbocycles. The van der Waals surface area contributed by atoms with Crippen molar-refractivity contribution in [3.8, 4) is 11.4 Å². The molecule has 150 valence electrons. The number of carbonyl (C=O) groups excluding carboxylic acids is 1. The van der Waals surface area contributed by atoms with Crippen molar-refractivity contribution in [3.05, 3.63) is 36.7 Å². The van der Waals surface area contributed by atoms with E-state index in [1.807, 2.05) is 29.2 Å². The number of anilines is 1. The van der Waals surface area contributed by atoms with Crippen molar-refractivity contribution in [2.75, 3.05) is 37.7 Å². The molecule has 0 spiro atoms. The van der Waals surface area contributed by atoms with Gasteiger partial charge in [-0.25, -0.2) is 0 Å². The molecule has 0 radical (unpaired) electrons. The van der Waals surface area contributed by atoms with Crippen LogP contribution in [-0.4, -0.2) is 74.5 Å². The van der Waals surface area contributed by atoms with Gasteiger partial charge in [0, 0.05) is 50.7 Å². The van der Waals surface area contributed by atoms with E-state index in [0.29, 0.717) is 24.6 Å². The number of nitrogens with zero attached hydrogens (tertiary/aromatic N) is 7. The number of aromatic nitrogens is 5. The maximum atomic E-state index is 12.7. The first-order chi connectivity index (χ1) is 14.3. The number of fused-ring (bicyclic) bond motifs is 1. The number of carbonyl (C=O) groups is 1. The maximum Gasteiger partial charge on any atom is 0.251 e. The Hall–Kier alpha value is -3.07. The minimum Gasteiger partial charge on any atom is -0.368 e. The van der Waals surface area contributed by atoms with Crippen molar-refractivity contribution in [3.63, 3.8) is 0 Å². The molecule has 5 heterocycles. The van der Waals surface area contributed by atoms with Gasteiger partial charge < -0.3 is 14.5 Å². The lowest BCUT2D eigenvalue weighted by atomic mass is 10.2. The second-order valence-electron chi connectivity index (χ2n) is 7.39. The first kappa shape index (κ1) is 18.0. The molecule has 2 saturated heterocycles. The van der Waals surface area contributed by atoms with E-state index in [2.05, 4.69) is 20.1 Å². The molecule has 0 bridgehead atoms. The van der Waals surface area contributed by atoms with Crippen LogP contribution in [-0.2, 0) is 9.53 Å². The van der Waals surface area contributed by atoms with E-state index in [9.17, 15) is 4.79 Å². The Morgan fingerprint density at radius 3 is 2.72 bits per heavy atom. The highest BCUT2D eigenvalue weighted by atomic mass is 16.5. The summed E-state index contributed by atoms with van der Waals surface area (Å²) in [5.41, 5.74) is 1.62. The normalized spacial score (nSPS) is 20.2. The van der Waals surface area contributed by atoms with Crippen molar-refractivity contribution in [2.45, 2.75) is 25.4 Å². The van der Waals surface area contributed by atoms with Gasteiger partial charge in [-0.1, -0.05) is 0 Å². The number of hydrogen-bond donors (Lipinski definition) is 0. The van der Waals surface area contributed by atoms with Crippen molar-refractivity contribution in [1.29, 1.82) is 0 Å². The quantitative estimate of drug-likeness (QED) is 0.665. The highest BCUT2D eigenvalue weighted by molar-refractivity contribution is 5.81. The third kappa shape index (κ3) is 3.53. The summed E-state index contributed by atoms with van der Waals surface area (Å²) in [4.78, 5) is 20.9. The van der Waals surface area contributed by atoms with E-state index in [-0.39, 0.29) is 12.0 Å². The molecule has 0 saturated carbocycles. The van der Waals surface area contributed by atoms with E-state index in [1.54, 1.807) is 16.9 Å². The third-order valence-corrected chi connectivity index (χ3v) is 5.52. The summed E-state index contributed by atoms with van der Waals surface area (Å²) in [5, 5.41) is 13.3. The number of pyridine rings is 1. The van der Waals surface area contributed by atoms with Crippen molar-refractivity contribution < 1.29 is 9.53 Å². The molecule has 0 N–H and O–H groups in total. The lowest BCUT2D eigenvalue weighted by Crippen LogP contribution is -2.41. The lowest BCUT2D eigenvalue weighted by molar-refractivity contribution is -0.140. The molecule has 29 heavy (non-hydrogen) atoms. The average Bonchev–Trinajstić information content (AvgIpc) is 3.38. The van der Waals surface area contributed by atoms with Crippen LogP contribution >= 0.6 is 0 Å². The summed E-state index contributed by atoms with van der Waals surface area (Å²) in [5.74, 6) is 1.68. The zero-order chi connectivity index (χ0) is 19.6. The van der Waals surface area contributed by atoms with Gasteiger partial charge in [-0.3, -0.25) is 9.78 Å². The number of rotatable bonds is 3. The van der Waals surface area contributed by atoms with E-state index in [4.69, 9.17) is 9.84 Å². The Bertz CT molecular complexity index is 1000. The fraction of sp³-hybridized carbons (Fsp3) is 0.450. The monoisotopic (exact) mass is 393 g/mol. The van der Waals surface area contributed by atoms with E-state index in [0.717, 1.165) is 50.3 Å². The molecule has 3 aromatic heterocycles. The van der Waals surface area contributed by atoms with E-state index >= 15 is 0 Å². The molecule has 0 aliphatic carbocycles. The highest BCUT2D eigenvalue weighted by Gasteiger charge is 2.29. The minimum absolute atomic E-state index is 0.131. The zero-order valence-electron chi connectivity index (χ0n) is 16.1.